The average molecular weight is 201 g/mol. The first-order valence-electron chi connectivity index (χ1n) is 3.64. The molecule has 70 valence electrons. The van der Waals surface area contributed by atoms with Crippen LogP contribution in [0.3, 0.4) is 0 Å². The molecule has 0 unspecified atom stereocenters. The normalized spacial score (nSPS) is 9.69. The summed E-state index contributed by atoms with van der Waals surface area (Å²) in [5.41, 5.74) is 0.415. The number of aryl methyl sites for hydroxylation is 1. The molecule has 0 atom stereocenters. The molecule has 13 heavy (non-hydrogen) atoms. The van der Waals surface area contributed by atoms with Gasteiger partial charge in [-0.25, -0.2) is 0 Å². The van der Waals surface area contributed by atoms with Gasteiger partial charge in [0, 0.05) is 5.03 Å². The van der Waals surface area contributed by atoms with E-state index in [1.807, 2.05) is 0 Å². The van der Waals surface area contributed by atoms with E-state index < -0.39 is 0 Å². The summed E-state index contributed by atoms with van der Waals surface area (Å²) in [5, 5.41) is 6.41. The van der Waals surface area contributed by atoms with Gasteiger partial charge in [-0.2, -0.15) is 0 Å². The Morgan fingerprint density at radius 1 is 1.85 bits per heavy atom. The Labute approximate surface area is 80.5 Å². The second kappa shape index (κ2) is 4.09. The van der Waals surface area contributed by atoms with E-state index in [9.17, 15) is 4.79 Å². The van der Waals surface area contributed by atoms with Gasteiger partial charge in [-0.05, 0) is 6.92 Å². The summed E-state index contributed by atoms with van der Waals surface area (Å²) < 4.78 is 4.73. The molecule has 5 heteroatoms. The highest BCUT2D eigenvalue weighted by atomic mass is 35.5. The number of hydrogen-bond donors (Lipinski definition) is 1. The van der Waals surface area contributed by atoms with Gasteiger partial charge >= 0.3 is 0 Å². The zero-order valence-electron chi connectivity index (χ0n) is 7.13. The zero-order valence-corrected chi connectivity index (χ0v) is 7.89. The van der Waals surface area contributed by atoms with Crippen molar-refractivity contribution >= 4 is 17.5 Å². The topological polar surface area (TPSA) is 55.1 Å². The van der Waals surface area contributed by atoms with Crippen LogP contribution in [0.15, 0.2) is 22.3 Å². The zero-order chi connectivity index (χ0) is 9.84. The smallest absolute Gasteiger partial charge is 0.256 e. The van der Waals surface area contributed by atoms with Crippen LogP contribution < -0.4 is 5.32 Å². The Morgan fingerprint density at radius 2 is 2.54 bits per heavy atom. The molecular weight excluding hydrogens is 192 g/mol. The molecule has 0 saturated carbocycles. The number of halogens is 1. The predicted molar refractivity (Wildman–Crippen MR) is 48.6 cm³/mol. The van der Waals surface area contributed by atoms with E-state index in [1.165, 1.54) is 6.20 Å². The Bertz CT molecular complexity index is 333. The number of nitrogens with one attached hydrogen (secondary N) is 1. The van der Waals surface area contributed by atoms with Gasteiger partial charge in [0.25, 0.3) is 5.91 Å². The van der Waals surface area contributed by atoms with Crippen LogP contribution in [0.4, 0.5) is 0 Å². The van der Waals surface area contributed by atoms with Crippen molar-refractivity contribution in [2.45, 2.75) is 6.92 Å². The molecule has 1 heterocycles. The third kappa shape index (κ3) is 2.59. The summed E-state index contributed by atoms with van der Waals surface area (Å²) in [5.74, 6) is 0.221. The Balaban J connectivity index is 2.59. The van der Waals surface area contributed by atoms with Gasteiger partial charge in [-0.15, -0.1) is 0 Å². The molecule has 1 aromatic heterocycles. The largest absolute Gasteiger partial charge is 0.361 e. The molecule has 1 aromatic rings. The second-order valence-corrected chi connectivity index (χ2v) is 3.03. The fourth-order valence-electron chi connectivity index (χ4n) is 0.788. The van der Waals surface area contributed by atoms with Crippen LogP contribution in [0.5, 0.6) is 0 Å². The van der Waals surface area contributed by atoms with Gasteiger partial charge in [0.15, 0.2) is 0 Å². The van der Waals surface area contributed by atoms with Crippen LogP contribution >= 0.6 is 11.6 Å². The van der Waals surface area contributed by atoms with Crippen molar-refractivity contribution in [3.8, 4) is 0 Å². The number of carbonyl (C=O) groups is 1. The Kier molecular flexibility index (Phi) is 3.08. The van der Waals surface area contributed by atoms with Crippen molar-refractivity contribution in [3.63, 3.8) is 0 Å². The van der Waals surface area contributed by atoms with Gasteiger partial charge in [0.2, 0.25) is 0 Å². The minimum absolute atomic E-state index is 0.241. The monoisotopic (exact) mass is 200 g/mol. The number of hydrogen-bond acceptors (Lipinski definition) is 3. The van der Waals surface area contributed by atoms with Crippen LogP contribution in [0.1, 0.15) is 16.1 Å². The van der Waals surface area contributed by atoms with E-state index in [1.54, 1.807) is 6.92 Å². The van der Waals surface area contributed by atoms with E-state index in [4.69, 9.17) is 16.1 Å². The molecule has 0 spiro atoms. The highest BCUT2D eigenvalue weighted by molar-refractivity contribution is 6.29. The summed E-state index contributed by atoms with van der Waals surface area (Å²) in [6.45, 7) is 5.35. The number of carbonyl (C=O) groups excluding carboxylic acids is 1. The summed E-state index contributed by atoms with van der Waals surface area (Å²) in [6.07, 6.45) is 1.36. The fraction of sp³-hybridized carbons (Fsp3) is 0.250. The summed E-state index contributed by atoms with van der Waals surface area (Å²) >= 11 is 5.47. The highest BCUT2D eigenvalue weighted by Crippen LogP contribution is 2.05. The van der Waals surface area contributed by atoms with Gasteiger partial charge < -0.3 is 9.84 Å². The minimum Gasteiger partial charge on any atom is -0.361 e. The van der Waals surface area contributed by atoms with E-state index in [0.717, 1.165) is 0 Å². The number of rotatable bonds is 3. The van der Waals surface area contributed by atoms with E-state index in [2.05, 4.69) is 17.1 Å². The molecule has 0 aromatic carbocycles. The van der Waals surface area contributed by atoms with Crippen molar-refractivity contribution in [2.24, 2.45) is 0 Å². The highest BCUT2D eigenvalue weighted by Gasteiger charge is 2.11. The first-order valence-corrected chi connectivity index (χ1v) is 4.02. The summed E-state index contributed by atoms with van der Waals surface area (Å²) in [4.78, 5) is 11.3. The van der Waals surface area contributed by atoms with E-state index in [-0.39, 0.29) is 12.5 Å². The lowest BCUT2D eigenvalue weighted by atomic mass is 10.2. The fourth-order valence-corrected chi connectivity index (χ4v) is 0.855. The predicted octanol–water partition coefficient (Wildman–Crippen LogP) is 1.47. The Hall–Kier alpha value is -1.29. The maximum absolute atomic E-state index is 11.3. The third-order valence-electron chi connectivity index (χ3n) is 1.44. The van der Waals surface area contributed by atoms with Crippen LogP contribution in [0.25, 0.3) is 0 Å². The molecular formula is C8H9ClN2O2. The molecule has 4 nitrogen and oxygen atoms in total. The maximum atomic E-state index is 11.3. The van der Waals surface area contributed by atoms with Crippen molar-refractivity contribution in [2.75, 3.05) is 6.54 Å². The first-order chi connectivity index (χ1) is 6.11. The standard InChI is InChI=1S/C8H9ClN2O2/c1-5(9)3-10-8(12)7-4-11-13-6(7)2/h4H,1,3H2,2H3,(H,10,12). The van der Waals surface area contributed by atoms with Crippen molar-refractivity contribution in [3.05, 3.63) is 29.1 Å². The molecule has 0 bridgehead atoms. The third-order valence-corrected chi connectivity index (χ3v) is 1.57. The lowest BCUT2D eigenvalue weighted by Crippen LogP contribution is -2.24. The minimum atomic E-state index is -0.263. The summed E-state index contributed by atoms with van der Waals surface area (Å²) in [7, 11) is 0. The SMILES string of the molecule is C=C(Cl)CNC(=O)c1cnoc1C. The number of amides is 1. The molecule has 1 rings (SSSR count). The van der Waals surface area contributed by atoms with Crippen molar-refractivity contribution < 1.29 is 9.32 Å². The van der Waals surface area contributed by atoms with Crippen LogP contribution in [0, 0.1) is 6.92 Å². The molecule has 0 aliphatic rings. The molecule has 0 saturated heterocycles. The number of nitrogens with zero attached hydrogens (tertiary/aromatic N) is 1. The lowest BCUT2D eigenvalue weighted by Gasteiger charge is -2.00. The van der Waals surface area contributed by atoms with Gasteiger partial charge in [-0.1, -0.05) is 23.3 Å². The van der Waals surface area contributed by atoms with Gasteiger partial charge in [0.1, 0.15) is 11.3 Å². The number of aromatic nitrogens is 1. The second-order valence-electron chi connectivity index (χ2n) is 2.50. The van der Waals surface area contributed by atoms with Gasteiger partial charge in [0.05, 0.1) is 12.7 Å². The quantitative estimate of drug-likeness (QED) is 0.804. The molecule has 0 radical (unpaired) electrons. The first kappa shape index (κ1) is 9.80. The molecule has 0 aliphatic heterocycles. The lowest BCUT2D eigenvalue weighted by molar-refractivity contribution is 0.0956. The average Bonchev–Trinajstić information content (AvgIpc) is 2.47. The van der Waals surface area contributed by atoms with E-state index in [0.29, 0.717) is 16.4 Å². The molecule has 1 N–H and O–H groups in total. The molecule has 0 aliphatic carbocycles. The summed E-state index contributed by atoms with van der Waals surface area (Å²) in [6, 6.07) is 0. The van der Waals surface area contributed by atoms with Crippen LogP contribution in [0.2, 0.25) is 0 Å². The van der Waals surface area contributed by atoms with Crippen LogP contribution in [-0.4, -0.2) is 17.6 Å². The van der Waals surface area contributed by atoms with Gasteiger partial charge in [-0.3, -0.25) is 4.79 Å². The molecule has 1 amide bonds. The Morgan fingerprint density at radius 3 is 3.00 bits per heavy atom. The van der Waals surface area contributed by atoms with Crippen LogP contribution in [-0.2, 0) is 0 Å². The maximum Gasteiger partial charge on any atom is 0.256 e. The van der Waals surface area contributed by atoms with Crippen molar-refractivity contribution in [1.82, 2.24) is 10.5 Å². The molecule has 0 fully saturated rings. The van der Waals surface area contributed by atoms with Crippen molar-refractivity contribution in [1.29, 1.82) is 0 Å². The van der Waals surface area contributed by atoms with E-state index >= 15 is 0 Å².